The van der Waals surface area contributed by atoms with Crippen LogP contribution in [0.4, 0.5) is 5.82 Å². The monoisotopic (exact) mass is 269 g/mol. The van der Waals surface area contributed by atoms with Crippen LogP contribution in [0.1, 0.15) is 10.4 Å². The van der Waals surface area contributed by atoms with Gasteiger partial charge in [-0.15, -0.1) is 5.10 Å². The van der Waals surface area contributed by atoms with Gasteiger partial charge in [0, 0.05) is 18.6 Å². The summed E-state index contributed by atoms with van der Waals surface area (Å²) >= 11 is 0. The number of esters is 1. The Balaban J connectivity index is 2.20. The lowest BCUT2D eigenvalue weighted by molar-refractivity contribution is 0.0599. The molecule has 0 saturated heterocycles. The van der Waals surface area contributed by atoms with E-state index in [0.717, 1.165) is 0 Å². The lowest BCUT2D eigenvalue weighted by Gasteiger charge is -2.00. The number of methoxy groups -OCH3 is 1. The van der Waals surface area contributed by atoms with Crippen molar-refractivity contribution in [2.75, 3.05) is 12.8 Å². The third-order valence-electron chi connectivity index (χ3n) is 2.84. The molecule has 100 valence electrons. The average molecular weight is 269 g/mol. The Hall–Kier alpha value is -2.96. The van der Waals surface area contributed by atoms with Crippen LogP contribution in [0.5, 0.6) is 0 Å². The molecular formula is C13H11N5O2. The Labute approximate surface area is 114 Å². The van der Waals surface area contributed by atoms with E-state index >= 15 is 0 Å². The van der Waals surface area contributed by atoms with Crippen LogP contribution in [0.2, 0.25) is 0 Å². The highest BCUT2D eigenvalue weighted by Crippen LogP contribution is 2.27. The third kappa shape index (κ3) is 1.85. The van der Waals surface area contributed by atoms with Gasteiger partial charge in [0.25, 0.3) is 0 Å². The molecular weight excluding hydrogens is 258 g/mol. The van der Waals surface area contributed by atoms with Gasteiger partial charge in [0.05, 0.1) is 23.9 Å². The molecule has 0 aromatic carbocycles. The maximum atomic E-state index is 11.5. The van der Waals surface area contributed by atoms with Crippen molar-refractivity contribution in [1.82, 2.24) is 19.6 Å². The van der Waals surface area contributed by atoms with Gasteiger partial charge >= 0.3 is 5.97 Å². The van der Waals surface area contributed by atoms with Crippen LogP contribution in [0.3, 0.4) is 0 Å². The summed E-state index contributed by atoms with van der Waals surface area (Å²) in [6.07, 6.45) is 4.62. The van der Waals surface area contributed by atoms with Crippen molar-refractivity contribution in [2.24, 2.45) is 0 Å². The van der Waals surface area contributed by atoms with Crippen molar-refractivity contribution in [3.63, 3.8) is 0 Å². The van der Waals surface area contributed by atoms with Crippen molar-refractivity contribution in [3.05, 3.63) is 42.4 Å². The molecule has 0 amide bonds. The van der Waals surface area contributed by atoms with Gasteiger partial charge in [-0.2, -0.15) is 0 Å². The summed E-state index contributed by atoms with van der Waals surface area (Å²) in [5, 5.41) is 4.15. The van der Waals surface area contributed by atoms with Gasteiger partial charge in [-0.05, 0) is 12.1 Å². The fraction of sp³-hybridized carbons (Fsp3) is 0.0769. The second-order valence-corrected chi connectivity index (χ2v) is 4.08. The summed E-state index contributed by atoms with van der Waals surface area (Å²) in [5.41, 5.74) is 8.07. The molecule has 3 heterocycles. The number of aromatic nitrogens is 4. The van der Waals surface area contributed by atoms with Crippen LogP contribution in [-0.2, 0) is 4.74 Å². The molecule has 3 rings (SSSR count). The van der Waals surface area contributed by atoms with E-state index in [4.69, 9.17) is 5.73 Å². The maximum Gasteiger partial charge on any atom is 0.341 e. The summed E-state index contributed by atoms with van der Waals surface area (Å²) < 4.78 is 6.09. The molecule has 20 heavy (non-hydrogen) atoms. The first-order valence-electron chi connectivity index (χ1n) is 5.84. The Morgan fingerprint density at radius 3 is 2.90 bits per heavy atom. The highest BCUT2D eigenvalue weighted by Gasteiger charge is 2.16. The average Bonchev–Trinajstić information content (AvgIpc) is 2.82. The number of hydrogen-bond donors (Lipinski definition) is 1. The molecule has 0 aliphatic rings. The standard InChI is InChI=1S/C13H11N5O2/c1-20-13(19)8-6-16-12-10(9-4-2-3-5-15-9)11(14)17-18(12)7-8/h2-7H,1H3,(H2,14,17). The Morgan fingerprint density at radius 1 is 1.35 bits per heavy atom. The van der Waals surface area contributed by atoms with E-state index in [1.165, 1.54) is 24.0 Å². The van der Waals surface area contributed by atoms with Crippen molar-refractivity contribution in [2.45, 2.75) is 0 Å². The number of fused-ring (bicyclic) bond motifs is 1. The van der Waals surface area contributed by atoms with Crippen LogP contribution in [0.25, 0.3) is 16.9 Å². The molecule has 2 N–H and O–H groups in total. The predicted molar refractivity (Wildman–Crippen MR) is 72.0 cm³/mol. The molecule has 3 aromatic heterocycles. The SMILES string of the molecule is COC(=O)c1cnc2c(-c3ccccn3)c(N)nn2c1. The Morgan fingerprint density at radius 2 is 2.20 bits per heavy atom. The molecule has 0 spiro atoms. The lowest BCUT2D eigenvalue weighted by atomic mass is 10.2. The first kappa shape index (κ1) is 12.1. The highest BCUT2D eigenvalue weighted by atomic mass is 16.5. The fourth-order valence-electron chi connectivity index (χ4n) is 1.93. The number of anilines is 1. The number of pyridine rings is 1. The topological polar surface area (TPSA) is 95.4 Å². The molecule has 0 bridgehead atoms. The van der Waals surface area contributed by atoms with Crippen LogP contribution < -0.4 is 5.73 Å². The summed E-state index contributed by atoms with van der Waals surface area (Å²) in [6, 6.07) is 5.49. The van der Waals surface area contributed by atoms with Crippen LogP contribution in [0, 0.1) is 0 Å². The Kier molecular flexibility index (Phi) is 2.79. The highest BCUT2D eigenvalue weighted by molar-refractivity contribution is 5.90. The number of nitrogens with two attached hydrogens (primary N) is 1. The normalized spacial score (nSPS) is 10.7. The predicted octanol–water partition coefficient (Wildman–Crippen LogP) is 1.16. The van der Waals surface area contributed by atoms with E-state index in [1.54, 1.807) is 6.20 Å². The molecule has 3 aromatic rings. The number of rotatable bonds is 2. The summed E-state index contributed by atoms with van der Waals surface area (Å²) in [4.78, 5) is 19.9. The number of carbonyl (C=O) groups is 1. The van der Waals surface area contributed by atoms with Crippen LogP contribution in [-0.4, -0.2) is 32.7 Å². The minimum atomic E-state index is -0.479. The van der Waals surface area contributed by atoms with E-state index < -0.39 is 5.97 Å². The number of nitrogens with zero attached hydrogens (tertiary/aromatic N) is 4. The molecule has 0 saturated carbocycles. The van der Waals surface area contributed by atoms with Crippen molar-refractivity contribution < 1.29 is 9.53 Å². The molecule has 0 radical (unpaired) electrons. The van der Waals surface area contributed by atoms with Crippen LogP contribution in [0.15, 0.2) is 36.8 Å². The number of carbonyl (C=O) groups excluding carboxylic acids is 1. The third-order valence-corrected chi connectivity index (χ3v) is 2.84. The molecule has 0 aliphatic heterocycles. The quantitative estimate of drug-likeness (QED) is 0.701. The van der Waals surface area contributed by atoms with Crippen molar-refractivity contribution >= 4 is 17.4 Å². The van der Waals surface area contributed by atoms with E-state index in [1.807, 2.05) is 18.2 Å². The first-order valence-corrected chi connectivity index (χ1v) is 5.84. The van der Waals surface area contributed by atoms with Crippen LogP contribution >= 0.6 is 0 Å². The molecule has 7 heteroatoms. The van der Waals surface area contributed by atoms with E-state index in [2.05, 4.69) is 19.8 Å². The zero-order valence-electron chi connectivity index (χ0n) is 10.6. The molecule has 0 unspecified atom stereocenters. The van der Waals surface area contributed by atoms with Gasteiger partial charge in [0.2, 0.25) is 0 Å². The lowest BCUT2D eigenvalue weighted by Crippen LogP contribution is -2.04. The largest absolute Gasteiger partial charge is 0.465 e. The first-order chi connectivity index (χ1) is 9.70. The number of hydrogen-bond acceptors (Lipinski definition) is 6. The van der Waals surface area contributed by atoms with E-state index in [9.17, 15) is 4.79 Å². The van der Waals surface area contributed by atoms with Crippen molar-refractivity contribution in [1.29, 1.82) is 0 Å². The fourth-order valence-corrected chi connectivity index (χ4v) is 1.93. The van der Waals surface area contributed by atoms with Gasteiger partial charge < -0.3 is 10.5 Å². The molecule has 0 fully saturated rings. The Bertz CT molecular complexity index is 782. The molecule has 0 aliphatic carbocycles. The maximum absolute atomic E-state index is 11.5. The van der Waals surface area contributed by atoms with Gasteiger partial charge in [-0.25, -0.2) is 14.3 Å². The second kappa shape index (κ2) is 4.61. The van der Waals surface area contributed by atoms with E-state index in [0.29, 0.717) is 28.3 Å². The number of ether oxygens (including phenoxy) is 1. The summed E-state index contributed by atoms with van der Waals surface area (Å²) in [5.74, 6) is -0.175. The van der Waals surface area contributed by atoms with E-state index in [-0.39, 0.29) is 0 Å². The summed E-state index contributed by atoms with van der Waals surface area (Å²) in [6.45, 7) is 0. The van der Waals surface area contributed by atoms with Crippen molar-refractivity contribution in [3.8, 4) is 11.3 Å². The summed E-state index contributed by atoms with van der Waals surface area (Å²) in [7, 11) is 1.31. The van der Waals surface area contributed by atoms with Gasteiger partial charge in [-0.1, -0.05) is 6.07 Å². The minimum Gasteiger partial charge on any atom is -0.465 e. The smallest absolute Gasteiger partial charge is 0.341 e. The molecule has 0 atom stereocenters. The van der Waals surface area contributed by atoms with Gasteiger partial charge in [-0.3, -0.25) is 4.98 Å². The zero-order chi connectivity index (χ0) is 14.1. The second-order valence-electron chi connectivity index (χ2n) is 4.08. The number of nitrogen functional groups attached to an aromatic ring is 1. The van der Waals surface area contributed by atoms with Gasteiger partial charge in [0.1, 0.15) is 0 Å². The molecule has 7 nitrogen and oxygen atoms in total. The minimum absolute atomic E-state index is 0.301. The zero-order valence-corrected chi connectivity index (χ0v) is 10.6. The van der Waals surface area contributed by atoms with Gasteiger partial charge in [0.15, 0.2) is 11.5 Å².